The third-order valence-electron chi connectivity index (χ3n) is 2.27. The van der Waals surface area contributed by atoms with Crippen LogP contribution in [0.25, 0.3) is 6.08 Å². The zero-order valence-electron chi connectivity index (χ0n) is 7.08. The van der Waals surface area contributed by atoms with Crippen LogP contribution in [0.2, 0.25) is 0 Å². The lowest BCUT2D eigenvalue weighted by Gasteiger charge is -2.13. The molecule has 1 heterocycles. The first-order valence-electron chi connectivity index (χ1n) is 4.37. The predicted octanol–water partition coefficient (Wildman–Crippen LogP) is 2.00. The number of hydrogen-bond donors (Lipinski definition) is 0. The maximum absolute atomic E-state index is 4.40. The van der Waals surface area contributed by atoms with Crippen molar-refractivity contribution in [2.75, 3.05) is 0 Å². The lowest BCUT2D eigenvalue weighted by atomic mass is 9.97. The Kier molecular flexibility index (Phi) is 1.90. The summed E-state index contributed by atoms with van der Waals surface area (Å²) in [6, 6.07) is 0. The molecule has 2 heteroatoms. The van der Waals surface area contributed by atoms with Crippen LogP contribution < -0.4 is 0 Å². The second-order valence-electron chi connectivity index (χ2n) is 3.11. The maximum Gasteiger partial charge on any atom is 0.151 e. The van der Waals surface area contributed by atoms with Crippen LogP contribution in [0.1, 0.15) is 29.9 Å². The molecule has 0 bridgehead atoms. The average molecular weight is 160 g/mol. The average Bonchev–Trinajstić information content (AvgIpc) is 2.17. The lowest BCUT2D eigenvalue weighted by molar-refractivity contribution is 0.661. The molecular formula is C10H12N2. The van der Waals surface area contributed by atoms with Crippen molar-refractivity contribution >= 4 is 6.08 Å². The molecule has 0 aliphatic heterocycles. The highest BCUT2D eigenvalue weighted by atomic mass is 14.9. The van der Waals surface area contributed by atoms with E-state index in [4.69, 9.17) is 0 Å². The summed E-state index contributed by atoms with van der Waals surface area (Å²) in [6.07, 6.45) is 8.45. The first kappa shape index (κ1) is 7.47. The summed E-state index contributed by atoms with van der Waals surface area (Å²) in [5.74, 6) is 0.760. The minimum atomic E-state index is 0.760. The first-order valence-corrected chi connectivity index (χ1v) is 4.37. The largest absolute Gasteiger partial charge is 0.237 e. The van der Waals surface area contributed by atoms with Gasteiger partial charge in [0.2, 0.25) is 0 Å². The molecule has 0 spiro atoms. The highest BCUT2D eigenvalue weighted by molar-refractivity contribution is 5.37. The van der Waals surface area contributed by atoms with Crippen molar-refractivity contribution < 1.29 is 0 Å². The Balaban J connectivity index is 2.42. The number of rotatable bonds is 1. The van der Waals surface area contributed by atoms with Crippen molar-refractivity contribution in [3.8, 4) is 0 Å². The summed E-state index contributed by atoms with van der Waals surface area (Å²) < 4.78 is 0. The molecule has 0 aromatic carbocycles. The zero-order valence-corrected chi connectivity index (χ0v) is 7.08. The minimum absolute atomic E-state index is 0.760. The number of aromatic nitrogens is 2. The summed E-state index contributed by atoms with van der Waals surface area (Å²) in [7, 11) is 0. The van der Waals surface area contributed by atoms with Crippen LogP contribution in [0.5, 0.6) is 0 Å². The zero-order chi connectivity index (χ0) is 8.39. The summed E-state index contributed by atoms with van der Waals surface area (Å²) in [4.78, 5) is 8.58. The normalized spacial score (nSPS) is 15.3. The number of hydrogen-bond acceptors (Lipinski definition) is 2. The van der Waals surface area contributed by atoms with E-state index < -0.39 is 0 Å². The Hall–Kier alpha value is -1.18. The van der Waals surface area contributed by atoms with Gasteiger partial charge in [0.1, 0.15) is 0 Å². The van der Waals surface area contributed by atoms with Crippen molar-refractivity contribution in [3.63, 3.8) is 0 Å². The second kappa shape index (κ2) is 3.05. The predicted molar refractivity (Wildman–Crippen MR) is 48.8 cm³/mol. The van der Waals surface area contributed by atoms with E-state index in [9.17, 15) is 0 Å². The Morgan fingerprint density at radius 1 is 1.33 bits per heavy atom. The summed E-state index contributed by atoms with van der Waals surface area (Å²) in [5.41, 5.74) is 2.55. The molecule has 0 saturated carbocycles. The van der Waals surface area contributed by atoms with Gasteiger partial charge in [0, 0.05) is 11.9 Å². The van der Waals surface area contributed by atoms with Crippen molar-refractivity contribution in [2.24, 2.45) is 0 Å². The van der Waals surface area contributed by atoms with Crippen molar-refractivity contribution in [3.05, 3.63) is 29.9 Å². The molecule has 2 rings (SSSR count). The van der Waals surface area contributed by atoms with E-state index in [1.165, 1.54) is 24.1 Å². The standard InChI is InChI=1S/C10H12N2/c1-2-10-11-7-8-5-3-4-6-9(8)12-10/h2,7H,1,3-6H2. The third kappa shape index (κ3) is 1.24. The Bertz CT molecular complexity index is 305. The van der Waals surface area contributed by atoms with Crippen molar-refractivity contribution in [2.45, 2.75) is 25.7 Å². The van der Waals surface area contributed by atoms with Gasteiger partial charge in [-0.05, 0) is 37.3 Å². The molecule has 0 amide bonds. The topological polar surface area (TPSA) is 25.8 Å². The lowest BCUT2D eigenvalue weighted by Crippen LogP contribution is -2.07. The van der Waals surface area contributed by atoms with Gasteiger partial charge in [-0.1, -0.05) is 6.58 Å². The molecular weight excluding hydrogens is 148 g/mol. The molecule has 1 aliphatic rings. The Morgan fingerprint density at radius 3 is 3.00 bits per heavy atom. The van der Waals surface area contributed by atoms with Crippen LogP contribution in [0.3, 0.4) is 0 Å². The van der Waals surface area contributed by atoms with Gasteiger partial charge in [-0.3, -0.25) is 0 Å². The van der Waals surface area contributed by atoms with Gasteiger partial charge < -0.3 is 0 Å². The molecule has 12 heavy (non-hydrogen) atoms. The quantitative estimate of drug-likeness (QED) is 0.628. The number of fused-ring (bicyclic) bond motifs is 1. The molecule has 1 aliphatic carbocycles. The van der Waals surface area contributed by atoms with E-state index in [2.05, 4.69) is 16.5 Å². The van der Waals surface area contributed by atoms with Gasteiger partial charge in [-0.15, -0.1) is 0 Å². The van der Waals surface area contributed by atoms with Crippen LogP contribution in [0.15, 0.2) is 12.8 Å². The number of aryl methyl sites for hydroxylation is 2. The van der Waals surface area contributed by atoms with Gasteiger partial charge in [-0.2, -0.15) is 0 Å². The van der Waals surface area contributed by atoms with E-state index in [-0.39, 0.29) is 0 Å². The fourth-order valence-corrected chi connectivity index (χ4v) is 1.59. The van der Waals surface area contributed by atoms with E-state index >= 15 is 0 Å². The van der Waals surface area contributed by atoms with Gasteiger partial charge in [0.25, 0.3) is 0 Å². The minimum Gasteiger partial charge on any atom is -0.237 e. The monoisotopic (exact) mass is 160 g/mol. The molecule has 0 atom stereocenters. The molecule has 0 radical (unpaired) electrons. The van der Waals surface area contributed by atoms with Crippen LogP contribution >= 0.6 is 0 Å². The molecule has 2 nitrogen and oxygen atoms in total. The molecule has 1 aromatic heterocycles. The van der Waals surface area contributed by atoms with Gasteiger partial charge in [0.05, 0.1) is 0 Å². The summed E-state index contributed by atoms with van der Waals surface area (Å²) in [6.45, 7) is 3.65. The van der Waals surface area contributed by atoms with Gasteiger partial charge >= 0.3 is 0 Å². The van der Waals surface area contributed by atoms with E-state index in [0.29, 0.717) is 0 Å². The molecule has 0 N–H and O–H groups in total. The summed E-state index contributed by atoms with van der Waals surface area (Å²) >= 11 is 0. The summed E-state index contributed by atoms with van der Waals surface area (Å²) in [5, 5.41) is 0. The SMILES string of the molecule is C=Cc1ncc2c(n1)CCCC2. The molecule has 0 saturated heterocycles. The smallest absolute Gasteiger partial charge is 0.151 e. The van der Waals surface area contributed by atoms with Crippen LogP contribution in [0, 0.1) is 0 Å². The molecule has 0 unspecified atom stereocenters. The highest BCUT2D eigenvalue weighted by Crippen LogP contribution is 2.18. The van der Waals surface area contributed by atoms with E-state index in [1.807, 2.05) is 6.20 Å². The van der Waals surface area contributed by atoms with Crippen LogP contribution in [-0.4, -0.2) is 9.97 Å². The fraction of sp³-hybridized carbons (Fsp3) is 0.400. The fourth-order valence-electron chi connectivity index (χ4n) is 1.59. The molecule has 0 fully saturated rings. The maximum atomic E-state index is 4.40. The number of nitrogens with zero attached hydrogens (tertiary/aromatic N) is 2. The first-order chi connectivity index (χ1) is 5.90. The third-order valence-corrected chi connectivity index (χ3v) is 2.27. The van der Waals surface area contributed by atoms with Crippen molar-refractivity contribution in [1.82, 2.24) is 9.97 Å². The Labute approximate surface area is 72.4 Å². The van der Waals surface area contributed by atoms with Gasteiger partial charge in [-0.25, -0.2) is 9.97 Å². The van der Waals surface area contributed by atoms with E-state index in [1.54, 1.807) is 6.08 Å². The van der Waals surface area contributed by atoms with Crippen LogP contribution in [0.4, 0.5) is 0 Å². The molecule has 62 valence electrons. The molecule has 1 aromatic rings. The van der Waals surface area contributed by atoms with E-state index in [0.717, 1.165) is 18.7 Å². The van der Waals surface area contributed by atoms with Gasteiger partial charge in [0.15, 0.2) is 5.82 Å². The highest BCUT2D eigenvalue weighted by Gasteiger charge is 2.10. The second-order valence-corrected chi connectivity index (χ2v) is 3.11. The van der Waals surface area contributed by atoms with Crippen LogP contribution in [-0.2, 0) is 12.8 Å². The van der Waals surface area contributed by atoms with Crippen molar-refractivity contribution in [1.29, 1.82) is 0 Å². The Morgan fingerprint density at radius 2 is 2.17 bits per heavy atom.